The van der Waals surface area contributed by atoms with Crippen LogP contribution < -0.4 is 10.1 Å². The Morgan fingerprint density at radius 3 is 2.80 bits per heavy atom. The smallest absolute Gasteiger partial charge is 0.132 e. The molecule has 0 heterocycles. The van der Waals surface area contributed by atoms with E-state index in [2.05, 4.69) is 28.2 Å². The van der Waals surface area contributed by atoms with Crippen LogP contribution in [-0.2, 0) is 6.54 Å². The zero-order valence-electron chi connectivity index (χ0n) is 11.3. The molecule has 2 aromatic carbocycles. The highest BCUT2D eigenvalue weighted by Crippen LogP contribution is 2.27. The van der Waals surface area contributed by atoms with Gasteiger partial charge < -0.3 is 10.1 Å². The van der Waals surface area contributed by atoms with E-state index in [9.17, 15) is 4.39 Å². The highest BCUT2D eigenvalue weighted by molar-refractivity contribution is 9.10. The van der Waals surface area contributed by atoms with Gasteiger partial charge in [0.2, 0.25) is 0 Å². The van der Waals surface area contributed by atoms with Gasteiger partial charge in [-0.15, -0.1) is 0 Å². The second kappa shape index (κ2) is 7.41. The number of hydrogen-bond donors (Lipinski definition) is 1. The summed E-state index contributed by atoms with van der Waals surface area (Å²) in [5.41, 5.74) is 0.818. The molecule has 0 saturated heterocycles. The minimum Gasteiger partial charge on any atom is -0.457 e. The Morgan fingerprint density at radius 1 is 1.20 bits per heavy atom. The predicted octanol–water partition coefficient (Wildman–Crippen LogP) is 4.88. The normalized spacial score (nSPS) is 10.6. The van der Waals surface area contributed by atoms with Crippen molar-refractivity contribution in [2.75, 3.05) is 6.54 Å². The molecule has 0 spiro atoms. The lowest BCUT2D eigenvalue weighted by Gasteiger charge is -2.12. The topological polar surface area (TPSA) is 21.3 Å². The van der Waals surface area contributed by atoms with Crippen LogP contribution in [0.2, 0.25) is 0 Å². The Labute approximate surface area is 127 Å². The van der Waals surface area contributed by atoms with E-state index in [4.69, 9.17) is 4.74 Å². The van der Waals surface area contributed by atoms with Gasteiger partial charge in [-0.25, -0.2) is 4.39 Å². The van der Waals surface area contributed by atoms with Crippen LogP contribution in [0.15, 0.2) is 46.9 Å². The fourth-order valence-corrected chi connectivity index (χ4v) is 2.22. The van der Waals surface area contributed by atoms with Crippen molar-refractivity contribution < 1.29 is 9.13 Å². The molecule has 0 aromatic heterocycles. The van der Waals surface area contributed by atoms with Crippen LogP contribution >= 0.6 is 15.9 Å². The molecule has 2 rings (SSSR count). The fraction of sp³-hybridized carbons (Fsp3) is 0.250. The van der Waals surface area contributed by atoms with E-state index >= 15 is 0 Å². The second-order valence-corrected chi connectivity index (χ2v) is 5.40. The Kier molecular flexibility index (Phi) is 5.56. The van der Waals surface area contributed by atoms with Crippen molar-refractivity contribution in [1.29, 1.82) is 0 Å². The van der Waals surface area contributed by atoms with Crippen LogP contribution in [0, 0.1) is 5.82 Å². The maximum Gasteiger partial charge on any atom is 0.132 e. The van der Waals surface area contributed by atoms with Crippen LogP contribution in [0.3, 0.4) is 0 Å². The van der Waals surface area contributed by atoms with E-state index in [1.807, 2.05) is 24.3 Å². The standard InChI is InChI=1S/C16H17BrFNO/c1-2-8-19-11-12-9-14(18)6-7-16(12)20-15-5-3-4-13(17)10-15/h3-7,9-10,19H,2,8,11H2,1H3. The van der Waals surface area contributed by atoms with Gasteiger partial charge >= 0.3 is 0 Å². The molecule has 0 fully saturated rings. The number of nitrogens with one attached hydrogen (secondary N) is 1. The summed E-state index contributed by atoms with van der Waals surface area (Å²) >= 11 is 3.40. The van der Waals surface area contributed by atoms with Crippen molar-refractivity contribution in [3.8, 4) is 11.5 Å². The summed E-state index contributed by atoms with van der Waals surface area (Å²) in [4.78, 5) is 0. The van der Waals surface area contributed by atoms with Crippen LogP contribution in [0.25, 0.3) is 0 Å². The maximum absolute atomic E-state index is 13.4. The van der Waals surface area contributed by atoms with Crippen molar-refractivity contribution in [1.82, 2.24) is 5.32 Å². The molecule has 0 amide bonds. The maximum atomic E-state index is 13.4. The summed E-state index contributed by atoms with van der Waals surface area (Å²) in [6.45, 7) is 3.58. The summed E-state index contributed by atoms with van der Waals surface area (Å²) < 4.78 is 20.2. The van der Waals surface area contributed by atoms with E-state index in [1.54, 1.807) is 6.07 Å². The fourth-order valence-electron chi connectivity index (χ4n) is 1.84. The molecule has 0 aliphatic rings. The molecule has 20 heavy (non-hydrogen) atoms. The molecule has 2 nitrogen and oxygen atoms in total. The minimum absolute atomic E-state index is 0.250. The Bertz CT molecular complexity index is 574. The Hall–Kier alpha value is -1.39. The summed E-state index contributed by atoms with van der Waals surface area (Å²) in [5, 5.41) is 3.26. The molecule has 4 heteroatoms. The largest absolute Gasteiger partial charge is 0.457 e. The van der Waals surface area contributed by atoms with E-state index in [0.717, 1.165) is 28.8 Å². The van der Waals surface area contributed by atoms with Gasteiger partial charge in [-0.05, 0) is 49.4 Å². The van der Waals surface area contributed by atoms with Gasteiger partial charge in [0.05, 0.1) is 0 Å². The third-order valence-electron chi connectivity index (χ3n) is 2.79. The molecular formula is C16H17BrFNO. The average Bonchev–Trinajstić information content (AvgIpc) is 2.42. The summed E-state index contributed by atoms with van der Waals surface area (Å²) in [7, 11) is 0. The first kappa shape index (κ1) is 15.0. The van der Waals surface area contributed by atoms with Crippen molar-refractivity contribution in [2.45, 2.75) is 19.9 Å². The molecule has 0 radical (unpaired) electrons. The van der Waals surface area contributed by atoms with Crippen molar-refractivity contribution >= 4 is 15.9 Å². The zero-order valence-corrected chi connectivity index (χ0v) is 12.9. The van der Waals surface area contributed by atoms with E-state index in [0.29, 0.717) is 12.3 Å². The summed E-state index contributed by atoms with van der Waals surface area (Å²) in [5.74, 6) is 1.15. The minimum atomic E-state index is -0.250. The molecule has 106 valence electrons. The molecule has 0 aliphatic carbocycles. The summed E-state index contributed by atoms with van der Waals surface area (Å²) in [6, 6.07) is 12.2. The van der Waals surface area contributed by atoms with Gasteiger partial charge in [0.25, 0.3) is 0 Å². The number of halogens is 2. The van der Waals surface area contributed by atoms with Crippen LogP contribution in [0.5, 0.6) is 11.5 Å². The van der Waals surface area contributed by atoms with Gasteiger partial charge in [-0.2, -0.15) is 0 Å². The number of benzene rings is 2. The first-order chi connectivity index (χ1) is 9.69. The first-order valence-electron chi connectivity index (χ1n) is 6.61. The molecule has 0 bridgehead atoms. The van der Waals surface area contributed by atoms with Gasteiger partial charge in [-0.3, -0.25) is 0 Å². The zero-order chi connectivity index (χ0) is 14.4. The summed E-state index contributed by atoms with van der Waals surface area (Å²) in [6.07, 6.45) is 1.04. The second-order valence-electron chi connectivity index (χ2n) is 4.49. The average molecular weight is 338 g/mol. The Balaban J connectivity index is 2.17. The van der Waals surface area contributed by atoms with Crippen molar-refractivity contribution in [3.63, 3.8) is 0 Å². The SMILES string of the molecule is CCCNCc1cc(F)ccc1Oc1cccc(Br)c1. The van der Waals surface area contributed by atoms with Gasteiger partial charge in [0.1, 0.15) is 17.3 Å². The molecule has 1 N–H and O–H groups in total. The van der Waals surface area contributed by atoms with Gasteiger partial charge in [0, 0.05) is 16.6 Å². The van der Waals surface area contributed by atoms with Crippen LogP contribution in [-0.4, -0.2) is 6.54 Å². The lowest BCUT2D eigenvalue weighted by Crippen LogP contribution is -2.14. The van der Waals surface area contributed by atoms with E-state index < -0.39 is 0 Å². The number of hydrogen-bond acceptors (Lipinski definition) is 2. The third-order valence-corrected chi connectivity index (χ3v) is 3.28. The third kappa shape index (κ3) is 4.32. The molecule has 0 aliphatic heterocycles. The van der Waals surface area contributed by atoms with Crippen molar-refractivity contribution in [2.24, 2.45) is 0 Å². The monoisotopic (exact) mass is 337 g/mol. The lowest BCUT2D eigenvalue weighted by atomic mass is 10.2. The van der Waals surface area contributed by atoms with Crippen LogP contribution in [0.4, 0.5) is 4.39 Å². The number of rotatable bonds is 6. The molecule has 0 unspecified atom stereocenters. The quantitative estimate of drug-likeness (QED) is 0.758. The molecule has 0 atom stereocenters. The van der Waals surface area contributed by atoms with E-state index in [-0.39, 0.29) is 5.82 Å². The van der Waals surface area contributed by atoms with Gasteiger partial charge in [0.15, 0.2) is 0 Å². The van der Waals surface area contributed by atoms with Gasteiger partial charge in [-0.1, -0.05) is 28.9 Å². The van der Waals surface area contributed by atoms with Crippen molar-refractivity contribution in [3.05, 3.63) is 58.3 Å². The highest BCUT2D eigenvalue weighted by atomic mass is 79.9. The first-order valence-corrected chi connectivity index (χ1v) is 7.41. The van der Waals surface area contributed by atoms with Crippen LogP contribution in [0.1, 0.15) is 18.9 Å². The van der Waals surface area contributed by atoms with E-state index in [1.165, 1.54) is 12.1 Å². The Morgan fingerprint density at radius 2 is 2.05 bits per heavy atom. The highest BCUT2D eigenvalue weighted by Gasteiger charge is 2.07. The number of ether oxygens (including phenoxy) is 1. The lowest BCUT2D eigenvalue weighted by molar-refractivity contribution is 0.469. The molecular weight excluding hydrogens is 321 g/mol. The predicted molar refractivity (Wildman–Crippen MR) is 82.6 cm³/mol. The molecule has 2 aromatic rings. The molecule has 0 saturated carbocycles.